The average molecular weight is 265 g/mol. The Morgan fingerprint density at radius 2 is 2.24 bits per heavy atom. The predicted octanol–water partition coefficient (Wildman–Crippen LogP) is 4.34. The SMILES string of the molecule is CCCn1cnc(=S)c(-c2cccc(Cl)c2)c1. The highest BCUT2D eigenvalue weighted by atomic mass is 35.5. The smallest absolute Gasteiger partial charge is 0.137 e. The Kier molecular flexibility index (Phi) is 3.92. The van der Waals surface area contributed by atoms with Gasteiger partial charge in [0.2, 0.25) is 0 Å². The zero-order valence-electron chi connectivity index (χ0n) is 9.56. The topological polar surface area (TPSA) is 17.8 Å². The maximum atomic E-state index is 5.99. The van der Waals surface area contributed by atoms with Gasteiger partial charge in [-0.3, -0.25) is 0 Å². The molecule has 0 fully saturated rings. The summed E-state index contributed by atoms with van der Waals surface area (Å²) in [5.41, 5.74) is 1.97. The molecule has 2 nitrogen and oxygen atoms in total. The van der Waals surface area contributed by atoms with Gasteiger partial charge in [0.15, 0.2) is 0 Å². The monoisotopic (exact) mass is 264 g/mol. The molecule has 0 N–H and O–H groups in total. The van der Waals surface area contributed by atoms with Crippen LogP contribution in [0.15, 0.2) is 36.8 Å². The lowest BCUT2D eigenvalue weighted by Gasteiger charge is -2.07. The van der Waals surface area contributed by atoms with E-state index in [1.54, 1.807) is 6.33 Å². The van der Waals surface area contributed by atoms with Crippen molar-refractivity contribution < 1.29 is 0 Å². The van der Waals surface area contributed by atoms with Gasteiger partial charge in [0.05, 0.1) is 6.33 Å². The molecule has 17 heavy (non-hydrogen) atoms. The summed E-state index contributed by atoms with van der Waals surface area (Å²) in [6, 6.07) is 7.67. The summed E-state index contributed by atoms with van der Waals surface area (Å²) >= 11 is 11.2. The number of halogens is 1. The van der Waals surface area contributed by atoms with Gasteiger partial charge >= 0.3 is 0 Å². The van der Waals surface area contributed by atoms with E-state index in [4.69, 9.17) is 23.8 Å². The highest BCUT2D eigenvalue weighted by molar-refractivity contribution is 7.71. The zero-order valence-corrected chi connectivity index (χ0v) is 11.1. The number of nitrogens with zero attached hydrogens (tertiary/aromatic N) is 2. The number of hydrogen-bond donors (Lipinski definition) is 0. The minimum Gasteiger partial charge on any atom is -0.338 e. The molecule has 0 aliphatic heterocycles. The van der Waals surface area contributed by atoms with E-state index in [1.165, 1.54) is 0 Å². The number of aryl methyl sites for hydroxylation is 1. The molecule has 0 atom stereocenters. The predicted molar refractivity (Wildman–Crippen MR) is 73.8 cm³/mol. The molecule has 0 unspecified atom stereocenters. The largest absolute Gasteiger partial charge is 0.338 e. The molecule has 0 bridgehead atoms. The summed E-state index contributed by atoms with van der Waals surface area (Å²) in [4.78, 5) is 4.24. The van der Waals surface area contributed by atoms with Crippen molar-refractivity contribution in [2.45, 2.75) is 19.9 Å². The van der Waals surface area contributed by atoms with Gasteiger partial charge in [-0.05, 0) is 24.1 Å². The van der Waals surface area contributed by atoms with E-state index in [1.807, 2.05) is 35.0 Å². The third-order valence-electron chi connectivity index (χ3n) is 2.47. The van der Waals surface area contributed by atoms with Crippen molar-refractivity contribution in [1.29, 1.82) is 0 Å². The molecular formula is C13H13ClN2S. The van der Waals surface area contributed by atoms with Gasteiger partial charge in [-0.25, -0.2) is 4.98 Å². The summed E-state index contributed by atoms with van der Waals surface area (Å²) < 4.78 is 2.66. The summed E-state index contributed by atoms with van der Waals surface area (Å²) in [7, 11) is 0. The molecule has 0 amide bonds. The second-order valence-electron chi connectivity index (χ2n) is 3.84. The van der Waals surface area contributed by atoms with E-state index >= 15 is 0 Å². The van der Waals surface area contributed by atoms with Gasteiger partial charge in [-0.2, -0.15) is 0 Å². The van der Waals surface area contributed by atoms with Crippen LogP contribution in [0.4, 0.5) is 0 Å². The molecular weight excluding hydrogens is 252 g/mol. The van der Waals surface area contributed by atoms with Crippen LogP contribution in [0.3, 0.4) is 0 Å². The van der Waals surface area contributed by atoms with Crippen molar-refractivity contribution in [3.05, 3.63) is 46.5 Å². The number of benzene rings is 1. The first kappa shape index (κ1) is 12.3. The molecule has 0 spiro atoms. The lowest BCUT2D eigenvalue weighted by Crippen LogP contribution is -2.00. The van der Waals surface area contributed by atoms with Crippen LogP contribution in [0.1, 0.15) is 13.3 Å². The van der Waals surface area contributed by atoms with Crippen molar-refractivity contribution in [2.75, 3.05) is 0 Å². The molecule has 88 valence electrons. The van der Waals surface area contributed by atoms with Crippen LogP contribution in [0, 0.1) is 4.64 Å². The highest BCUT2D eigenvalue weighted by Crippen LogP contribution is 2.22. The first-order valence-electron chi connectivity index (χ1n) is 5.52. The minimum atomic E-state index is 0.611. The van der Waals surface area contributed by atoms with Crippen LogP contribution in [0.2, 0.25) is 5.02 Å². The molecule has 2 aromatic rings. The fourth-order valence-electron chi connectivity index (χ4n) is 1.69. The lowest BCUT2D eigenvalue weighted by molar-refractivity contribution is 0.661. The van der Waals surface area contributed by atoms with E-state index < -0.39 is 0 Å². The first-order chi connectivity index (χ1) is 8.20. The molecule has 0 saturated heterocycles. The number of hydrogen-bond acceptors (Lipinski definition) is 2. The van der Waals surface area contributed by atoms with Gasteiger partial charge < -0.3 is 4.57 Å². The molecule has 0 aliphatic carbocycles. The second kappa shape index (κ2) is 5.43. The Hall–Kier alpha value is -1.19. The van der Waals surface area contributed by atoms with Gasteiger partial charge in [0, 0.05) is 23.3 Å². The molecule has 1 aromatic carbocycles. The van der Waals surface area contributed by atoms with Gasteiger partial charge in [0.25, 0.3) is 0 Å². The van der Waals surface area contributed by atoms with Crippen LogP contribution >= 0.6 is 23.8 Å². The Balaban J connectivity index is 2.50. The fraction of sp³-hybridized carbons (Fsp3) is 0.231. The van der Waals surface area contributed by atoms with Crippen molar-refractivity contribution in [3.8, 4) is 11.1 Å². The fourth-order valence-corrected chi connectivity index (χ4v) is 2.09. The maximum absolute atomic E-state index is 5.99. The molecule has 0 aliphatic rings. The maximum Gasteiger partial charge on any atom is 0.137 e. The number of rotatable bonds is 3. The molecule has 0 saturated carbocycles. The van der Waals surface area contributed by atoms with Crippen molar-refractivity contribution in [3.63, 3.8) is 0 Å². The Morgan fingerprint density at radius 1 is 1.41 bits per heavy atom. The molecule has 1 aromatic heterocycles. The van der Waals surface area contributed by atoms with E-state index in [0.29, 0.717) is 9.66 Å². The van der Waals surface area contributed by atoms with Gasteiger partial charge in [-0.15, -0.1) is 0 Å². The quantitative estimate of drug-likeness (QED) is 0.768. The molecule has 1 heterocycles. The third kappa shape index (κ3) is 2.93. The summed E-state index contributed by atoms with van der Waals surface area (Å²) in [5.74, 6) is 0. The zero-order chi connectivity index (χ0) is 12.3. The second-order valence-corrected chi connectivity index (χ2v) is 4.66. The third-order valence-corrected chi connectivity index (χ3v) is 3.03. The average Bonchev–Trinajstić information content (AvgIpc) is 2.32. The van der Waals surface area contributed by atoms with Crippen LogP contribution in [0.5, 0.6) is 0 Å². The van der Waals surface area contributed by atoms with Gasteiger partial charge in [0.1, 0.15) is 4.64 Å². The van der Waals surface area contributed by atoms with Crippen LogP contribution in [0.25, 0.3) is 11.1 Å². The van der Waals surface area contributed by atoms with Crippen LogP contribution < -0.4 is 0 Å². The summed E-state index contributed by atoms with van der Waals surface area (Å²) in [6.45, 7) is 3.07. The number of aromatic nitrogens is 2. The van der Waals surface area contributed by atoms with Crippen LogP contribution in [-0.2, 0) is 6.54 Å². The van der Waals surface area contributed by atoms with Crippen molar-refractivity contribution in [1.82, 2.24) is 9.55 Å². The van der Waals surface area contributed by atoms with E-state index in [2.05, 4.69) is 11.9 Å². The van der Waals surface area contributed by atoms with E-state index in [9.17, 15) is 0 Å². The van der Waals surface area contributed by atoms with E-state index in [0.717, 1.165) is 24.1 Å². The molecule has 0 radical (unpaired) electrons. The van der Waals surface area contributed by atoms with Gasteiger partial charge in [-0.1, -0.05) is 42.9 Å². The summed E-state index contributed by atoms with van der Waals surface area (Å²) in [5, 5.41) is 0.711. The Morgan fingerprint density at radius 3 is 2.94 bits per heavy atom. The van der Waals surface area contributed by atoms with E-state index in [-0.39, 0.29) is 0 Å². The standard InChI is InChI=1S/C13H13ClN2S/c1-2-6-16-8-12(13(17)15-9-16)10-4-3-5-11(14)7-10/h3-5,7-9H,2,6H2,1H3. The normalized spacial score (nSPS) is 10.5. The van der Waals surface area contributed by atoms with Crippen molar-refractivity contribution in [2.24, 2.45) is 0 Å². The first-order valence-corrected chi connectivity index (χ1v) is 6.31. The van der Waals surface area contributed by atoms with Crippen LogP contribution in [-0.4, -0.2) is 9.55 Å². The molecule has 4 heteroatoms. The Labute approximate surface area is 111 Å². The Bertz CT molecular complexity index is 578. The minimum absolute atomic E-state index is 0.611. The highest BCUT2D eigenvalue weighted by Gasteiger charge is 2.02. The van der Waals surface area contributed by atoms with Crippen molar-refractivity contribution >= 4 is 23.8 Å². The molecule has 2 rings (SSSR count). The summed E-state index contributed by atoms with van der Waals surface area (Å²) in [6.07, 6.45) is 4.88. The lowest BCUT2D eigenvalue weighted by atomic mass is 10.1.